The van der Waals surface area contributed by atoms with Crippen LogP contribution in [0.1, 0.15) is 36.0 Å². The number of carbonyl (C=O) groups is 1. The van der Waals surface area contributed by atoms with E-state index in [9.17, 15) is 4.79 Å². The molecule has 1 aromatic heterocycles. The number of likely N-dealkylation sites (tertiary alicyclic amines) is 1. The second-order valence-electron chi connectivity index (χ2n) is 6.85. The van der Waals surface area contributed by atoms with Crippen molar-refractivity contribution in [1.29, 1.82) is 0 Å². The Bertz CT molecular complexity index is 714. The highest BCUT2D eigenvalue weighted by Gasteiger charge is 2.28. The van der Waals surface area contributed by atoms with Crippen molar-refractivity contribution in [3.63, 3.8) is 0 Å². The van der Waals surface area contributed by atoms with Crippen LogP contribution in [0.5, 0.6) is 0 Å². The van der Waals surface area contributed by atoms with Crippen molar-refractivity contribution in [1.82, 2.24) is 19.6 Å². The zero-order valence-electron chi connectivity index (χ0n) is 14.9. The zero-order valence-corrected chi connectivity index (χ0v) is 15.6. The maximum atomic E-state index is 13.1. The van der Waals surface area contributed by atoms with Gasteiger partial charge >= 0.3 is 0 Å². The minimum Gasteiger partial charge on any atom is -0.336 e. The number of hydrogen-bond acceptors (Lipinski definition) is 3. The summed E-state index contributed by atoms with van der Waals surface area (Å²) in [6.07, 6.45) is 7.90. The van der Waals surface area contributed by atoms with Gasteiger partial charge in [-0.25, -0.2) is 4.68 Å². The second kappa shape index (κ2) is 8.02. The van der Waals surface area contributed by atoms with E-state index in [4.69, 9.17) is 11.6 Å². The number of hydrogen-bond donors (Lipinski definition) is 0. The van der Waals surface area contributed by atoms with Crippen LogP contribution in [0.4, 0.5) is 0 Å². The Kier molecular flexibility index (Phi) is 5.76. The maximum Gasteiger partial charge on any atom is 0.255 e. The predicted octanol–water partition coefficient (Wildman–Crippen LogP) is 3.47. The van der Waals surface area contributed by atoms with Gasteiger partial charge in [0.1, 0.15) is 0 Å². The number of aromatic nitrogens is 2. The first-order valence-corrected chi connectivity index (χ1v) is 9.19. The number of carbonyl (C=O) groups excluding carboxylic acids is 1. The van der Waals surface area contributed by atoms with Gasteiger partial charge in [-0.05, 0) is 70.6 Å². The molecule has 1 saturated heterocycles. The molecular formula is C19H25ClN4O. The highest BCUT2D eigenvalue weighted by atomic mass is 35.5. The largest absolute Gasteiger partial charge is 0.336 e. The fourth-order valence-corrected chi connectivity index (χ4v) is 3.63. The molecule has 0 aliphatic carbocycles. The topological polar surface area (TPSA) is 41.4 Å². The lowest BCUT2D eigenvalue weighted by Gasteiger charge is -2.36. The fraction of sp³-hybridized carbons (Fsp3) is 0.474. The summed E-state index contributed by atoms with van der Waals surface area (Å²) in [5, 5.41) is 4.68. The molecule has 0 unspecified atom stereocenters. The number of nitrogens with zero attached hydrogens (tertiary/aromatic N) is 4. The van der Waals surface area contributed by atoms with Crippen LogP contribution in [0.25, 0.3) is 5.69 Å². The van der Waals surface area contributed by atoms with Gasteiger partial charge in [0.05, 0.1) is 16.3 Å². The Morgan fingerprint density at radius 3 is 2.88 bits per heavy atom. The molecular weight excluding hydrogens is 336 g/mol. The zero-order chi connectivity index (χ0) is 17.8. The average Bonchev–Trinajstić information content (AvgIpc) is 3.14. The summed E-state index contributed by atoms with van der Waals surface area (Å²) in [5.74, 6) is 0.0421. The molecule has 1 aliphatic rings. The average molecular weight is 361 g/mol. The molecule has 5 nitrogen and oxygen atoms in total. The molecule has 0 saturated carbocycles. The third kappa shape index (κ3) is 4.22. The summed E-state index contributed by atoms with van der Waals surface area (Å²) < 4.78 is 1.74. The van der Waals surface area contributed by atoms with Crippen LogP contribution in [0, 0.1) is 0 Å². The van der Waals surface area contributed by atoms with Crippen molar-refractivity contribution in [3.05, 3.63) is 47.2 Å². The van der Waals surface area contributed by atoms with Crippen LogP contribution in [0.3, 0.4) is 0 Å². The van der Waals surface area contributed by atoms with E-state index >= 15 is 0 Å². The van der Waals surface area contributed by atoms with Crippen LogP contribution in [0.15, 0.2) is 36.7 Å². The SMILES string of the molecule is CN(C)CC[C@H]1CCCCN1C(=O)c1ccc(-n2cccn2)cc1Cl. The van der Waals surface area contributed by atoms with Gasteiger partial charge in [0.15, 0.2) is 0 Å². The molecule has 0 radical (unpaired) electrons. The predicted molar refractivity (Wildman–Crippen MR) is 100 cm³/mol. The molecule has 0 bridgehead atoms. The van der Waals surface area contributed by atoms with Crippen molar-refractivity contribution < 1.29 is 4.79 Å². The summed E-state index contributed by atoms with van der Waals surface area (Å²) in [6, 6.07) is 7.67. The normalized spacial score (nSPS) is 17.9. The van der Waals surface area contributed by atoms with Crippen molar-refractivity contribution >= 4 is 17.5 Å². The van der Waals surface area contributed by atoms with E-state index in [0.29, 0.717) is 16.6 Å². The Hall–Kier alpha value is -1.85. The molecule has 0 spiro atoms. The maximum absolute atomic E-state index is 13.1. The molecule has 1 aromatic carbocycles. The first kappa shape index (κ1) is 18.0. The Morgan fingerprint density at radius 2 is 2.20 bits per heavy atom. The first-order chi connectivity index (χ1) is 12.1. The van der Waals surface area contributed by atoms with Crippen LogP contribution in [-0.4, -0.2) is 58.7 Å². The number of piperidine rings is 1. The molecule has 3 rings (SSSR count). The van der Waals surface area contributed by atoms with Crippen LogP contribution in [-0.2, 0) is 0 Å². The molecule has 2 heterocycles. The van der Waals surface area contributed by atoms with Gasteiger partial charge in [0.25, 0.3) is 5.91 Å². The molecule has 0 N–H and O–H groups in total. The molecule has 134 valence electrons. The molecule has 1 amide bonds. The minimum absolute atomic E-state index is 0.0421. The minimum atomic E-state index is 0.0421. The summed E-state index contributed by atoms with van der Waals surface area (Å²) in [4.78, 5) is 17.3. The highest BCUT2D eigenvalue weighted by Crippen LogP contribution is 2.26. The van der Waals surface area contributed by atoms with E-state index in [1.165, 1.54) is 6.42 Å². The monoisotopic (exact) mass is 360 g/mol. The van der Waals surface area contributed by atoms with E-state index in [1.54, 1.807) is 16.9 Å². The standard InChI is InChI=1S/C19H25ClN4O/c1-22(2)13-9-15-6-3-4-11-23(15)19(25)17-8-7-16(14-18(17)20)24-12-5-10-21-24/h5,7-8,10,12,14-15H,3-4,6,9,11,13H2,1-2H3/t15-/m1/s1. The molecule has 6 heteroatoms. The van der Waals surface area contributed by atoms with Crippen molar-refractivity contribution in [2.75, 3.05) is 27.2 Å². The van der Waals surface area contributed by atoms with Gasteiger partial charge in [0.2, 0.25) is 0 Å². The highest BCUT2D eigenvalue weighted by molar-refractivity contribution is 6.34. The van der Waals surface area contributed by atoms with E-state index in [-0.39, 0.29) is 5.91 Å². The third-order valence-corrected chi connectivity index (χ3v) is 5.06. The number of amides is 1. The molecule has 1 aliphatic heterocycles. The van der Waals surface area contributed by atoms with Gasteiger partial charge in [-0.1, -0.05) is 11.6 Å². The van der Waals surface area contributed by atoms with Gasteiger partial charge in [-0.15, -0.1) is 0 Å². The van der Waals surface area contributed by atoms with Crippen molar-refractivity contribution in [3.8, 4) is 5.69 Å². The van der Waals surface area contributed by atoms with Gasteiger partial charge in [-0.2, -0.15) is 5.10 Å². The van der Waals surface area contributed by atoms with E-state index < -0.39 is 0 Å². The Labute approximate surface area is 154 Å². The van der Waals surface area contributed by atoms with Crippen molar-refractivity contribution in [2.24, 2.45) is 0 Å². The van der Waals surface area contributed by atoms with Gasteiger partial charge in [-0.3, -0.25) is 4.79 Å². The molecule has 1 atom stereocenters. The van der Waals surface area contributed by atoms with E-state index in [0.717, 1.165) is 38.0 Å². The summed E-state index contributed by atoms with van der Waals surface area (Å²) in [5.41, 5.74) is 1.43. The summed E-state index contributed by atoms with van der Waals surface area (Å²) in [6.45, 7) is 1.80. The molecule has 2 aromatic rings. The fourth-order valence-electron chi connectivity index (χ4n) is 3.37. The number of rotatable bonds is 5. The van der Waals surface area contributed by atoms with Crippen LogP contribution in [0.2, 0.25) is 5.02 Å². The summed E-state index contributed by atoms with van der Waals surface area (Å²) >= 11 is 6.44. The first-order valence-electron chi connectivity index (χ1n) is 8.81. The van der Waals surface area contributed by atoms with Crippen LogP contribution >= 0.6 is 11.6 Å². The van der Waals surface area contributed by atoms with Gasteiger partial charge < -0.3 is 9.80 Å². The lowest BCUT2D eigenvalue weighted by atomic mass is 9.98. The van der Waals surface area contributed by atoms with Gasteiger partial charge in [0, 0.05) is 25.0 Å². The quantitative estimate of drug-likeness (QED) is 0.819. The number of benzene rings is 1. The Morgan fingerprint density at radius 1 is 1.36 bits per heavy atom. The molecule has 25 heavy (non-hydrogen) atoms. The third-order valence-electron chi connectivity index (χ3n) is 4.75. The smallest absolute Gasteiger partial charge is 0.255 e. The van der Waals surface area contributed by atoms with E-state index in [2.05, 4.69) is 24.1 Å². The lowest BCUT2D eigenvalue weighted by molar-refractivity contribution is 0.0591. The molecule has 1 fully saturated rings. The summed E-state index contributed by atoms with van der Waals surface area (Å²) in [7, 11) is 4.14. The lowest BCUT2D eigenvalue weighted by Crippen LogP contribution is -2.45. The Balaban J connectivity index is 1.78. The van der Waals surface area contributed by atoms with Crippen molar-refractivity contribution in [2.45, 2.75) is 31.7 Å². The van der Waals surface area contributed by atoms with E-state index in [1.807, 2.05) is 29.3 Å². The van der Waals surface area contributed by atoms with Crippen LogP contribution < -0.4 is 0 Å². The number of halogens is 1. The second-order valence-corrected chi connectivity index (χ2v) is 7.26.